The molecule has 0 aromatic heterocycles. The van der Waals surface area contributed by atoms with Gasteiger partial charge in [-0.3, -0.25) is 4.79 Å². The third-order valence-corrected chi connectivity index (χ3v) is 7.02. The van der Waals surface area contributed by atoms with Crippen LogP contribution in [0.5, 0.6) is 11.5 Å². The first-order valence-electron chi connectivity index (χ1n) is 10.9. The molecule has 156 valence electrons. The van der Waals surface area contributed by atoms with Crippen molar-refractivity contribution in [1.29, 1.82) is 0 Å². The first-order valence-corrected chi connectivity index (χ1v) is 10.9. The van der Waals surface area contributed by atoms with Gasteiger partial charge in [0.1, 0.15) is 11.5 Å². The van der Waals surface area contributed by atoms with Crippen LogP contribution in [0.3, 0.4) is 0 Å². The number of benzene rings is 2. The maximum absolute atomic E-state index is 12.6. The van der Waals surface area contributed by atoms with Crippen LogP contribution in [-0.4, -0.2) is 13.1 Å². The van der Waals surface area contributed by atoms with Gasteiger partial charge < -0.3 is 9.47 Å². The minimum Gasteiger partial charge on any atom is -0.497 e. The Morgan fingerprint density at radius 1 is 0.862 bits per heavy atom. The van der Waals surface area contributed by atoms with Gasteiger partial charge in [0.05, 0.1) is 12.5 Å². The molecular formula is C26H34O3. The van der Waals surface area contributed by atoms with Gasteiger partial charge in [-0.05, 0) is 68.0 Å². The van der Waals surface area contributed by atoms with Crippen molar-refractivity contribution >= 4 is 5.97 Å². The first kappa shape index (κ1) is 21.4. The van der Waals surface area contributed by atoms with Crippen molar-refractivity contribution in [3.05, 3.63) is 59.7 Å². The van der Waals surface area contributed by atoms with E-state index in [4.69, 9.17) is 9.47 Å². The van der Waals surface area contributed by atoms with E-state index in [2.05, 4.69) is 36.4 Å². The van der Waals surface area contributed by atoms with Crippen molar-refractivity contribution in [2.75, 3.05) is 7.11 Å². The van der Waals surface area contributed by atoms with Crippen LogP contribution in [0.25, 0.3) is 0 Å². The molecule has 3 heteroatoms. The number of hydrogen-bond acceptors (Lipinski definition) is 3. The number of hydrogen-bond donors (Lipinski definition) is 0. The van der Waals surface area contributed by atoms with E-state index in [1.807, 2.05) is 32.9 Å². The zero-order valence-corrected chi connectivity index (χ0v) is 18.3. The SMILES string of the molecule is CCC(C)(CC)C(=O)Oc1ccc(C2(c3ccc(OC)cc3)CCCCC2)cc1. The van der Waals surface area contributed by atoms with Gasteiger partial charge in [-0.2, -0.15) is 0 Å². The largest absolute Gasteiger partial charge is 0.497 e. The van der Waals surface area contributed by atoms with Gasteiger partial charge >= 0.3 is 5.97 Å². The molecule has 0 amide bonds. The molecule has 3 nitrogen and oxygen atoms in total. The van der Waals surface area contributed by atoms with Crippen molar-refractivity contribution in [2.24, 2.45) is 5.41 Å². The zero-order chi connectivity index (χ0) is 20.9. The van der Waals surface area contributed by atoms with E-state index in [0.29, 0.717) is 5.75 Å². The lowest BCUT2D eigenvalue weighted by atomic mass is 9.65. The number of carbonyl (C=O) groups is 1. The first-order chi connectivity index (χ1) is 14.0. The predicted molar refractivity (Wildman–Crippen MR) is 118 cm³/mol. The maximum atomic E-state index is 12.6. The number of ether oxygens (including phenoxy) is 2. The van der Waals surface area contributed by atoms with Crippen molar-refractivity contribution in [1.82, 2.24) is 0 Å². The number of methoxy groups -OCH3 is 1. The van der Waals surface area contributed by atoms with Crippen LogP contribution in [0.4, 0.5) is 0 Å². The summed E-state index contributed by atoms with van der Waals surface area (Å²) in [7, 11) is 1.70. The van der Waals surface area contributed by atoms with Gasteiger partial charge in [-0.25, -0.2) is 0 Å². The van der Waals surface area contributed by atoms with Crippen LogP contribution in [0.1, 0.15) is 76.8 Å². The topological polar surface area (TPSA) is 35.5 Å². The second-order valence-electron chi connectivity index (χ2n) is 8.55. The molecule has 0 N–H and O–H groups in total. The molecule has 29 heavy (non-hydrogen) atoms. The van der Waals surface area contributed by atoms with Crippen LogP contribution in [0, 0.1) is 5.41 Å². The summed E-state index contributed by atoms with van der Waals surface area (Å²) in [6, 6.07) is 16.7. The smallest absolute Gasteiger partial charge is 0.317 e. The summed E-state index contributed by atoms with van der Waals surface area (Å²) in [5, 5.41) is 0. The highest BCUT2D eigenvalue weighted by Crippen LogP contribution is 2.45. The molecule has 0 aliphatic heterocycles. The average Bonchev–Trinajstić information content (AvgIpc) is 2.79. The van der Waals surface area contributed by atoms with Crippen LogP contribution < -0.4 is 9.47 Å². The van der Waals surface area contributed by atoms with Crippen LogP contribution >= 0.6 is 0 Å². The van der Waals surface area contributed by atoms with Crippen molar-refractivity contribution in [3.8, 4) is 11.5 Å². The Morgan fingerprint density at radius 2 is 1.34 bits per heavy atom. The van der Waals surface area contributed by atoms with E-state index in [1.54, 1.807) is 7.11 Å². The molecule has 0 heterocycles. The summed E-state index contributed by atoms with van der Waals surface area (Å²) >= 11 is 0. The molecule has 1 saturated carbocycles. The van der Waals surface area contributed by atoms with Crippen molar-refractivity contribution in [2.45, 2.75) is 71.1 Å². The monoisotopic (exact) mass is 394 g/mol. The summed E-state index contributed by atoms with van der Waals surface area (Å²) in [6.07, 6.45) is 7.59. The van der Waals surface area contributed by atoms with Gasteiger partial charge in [-0.15, -0.1) is 0 Å². The molecule has 0 radical (unpaired) electrons. The van der Waals surface area contributed by atoms with E-state index in [0.717, 1.165) is 31.4 Å². The van der Waals surface area contributed by atoms with E-state index in [9.17, 15) is 4.79 Å². The van der Waals surface area contributed by atoms with Gasteiger partial charge in [-0.1, -0.05) is 57.4 Å². The Hall–Kier alpha value is -2.29. The molecule has 2 aromatic carbocycles. The summed E-state index contributed by atoms with van der Waals surface area (Å²) in [6.45, 7) is 6.05. The summed E-state index contributed by atoms with van der Waals surface area (Å²) in [4.78, 5) is 12.6. The second-order valence-corrected chi connectivity index (χ2v) is 8.55. The Balaban J connectivity index is 1.87. The molecule has 1 aliphatic rings. The number of carbonyl (C=O) groups excluding carboxylic acids is 1. The average molecular weight is 395 g/mol. The van der Waals surface area contributed by atoms with Crippen LogP contribution in [0.15, 0.2) is 48.5 Å². The Morgan fingerprint density at radius 3 is 1.79 bits per heavy atom. The molecule has 0 saturated heterocycles. The standard InChI is InChI=1S/C26H34O3/c1-5-25(3,6-2)24(27)29-23-16-12-21(13-17-23)26(18-8-7-9-19-26)20-10-14-22(28-4)15-11-20/h10-17H,5-9,18-19H2,1-4H3. The number of rotatable bonds is 7. The minimum atomic E-state index is -0.424. The molecule has 0 atom stereocenters. The quantitative estimate of drug-likeness (QED) is 0.388. The molecule has 2 aromatic rings. The Kier molecular flexibility index (Phi) is 6.66. The third-order valence-electron chi connectivity index (χ3n) is 7.02. The predicted octanol–water partition coefficient (Wildman–Crippen LogP) is 6.68. The zero-order valence-electron chi connectivity index (χ0n) is 18.3. The lowest BCUT2D eigenvalue weighted by Crippen LogP contribution is -2.31. The summed E-state index contributed by atoms with van der Waals surface area (Å²) in [5.41, 5.74) is 2.24. The van der Waals surface area contributed by atoms with E-state index in [1.165, 1.54) is 30.4 Å². The van der Waals surface area contributed by atoms with Crippen LogP contribution in [-0.2, 0) is 10.2 Å². The fraction of sp³-hybridized carbons (Fsp3) is 0.500. The molecule has 1 aliphatic carbocycles. The normalized spacial score (nSPS) is 16.3. The fourth-order valence-electron chi connectivity index (χ4n) is 4.42. The van der Waals surface area contributed by atoms with Gasteiger partial charge in [0.2, 0.25) is 0 Å². The van der Waals surface area contributed by atoms with E-state index >= 15 is 0 Å². The van der Waals surface area contributed by atoms with Crippen LogP contribution in [0.2, 0.25) is 0 Å². The van der Waals surface area contributed by atoms with Gasteiger partial charge in [0, 0.05) is 5.41 Å². The Labute approximate surface area is 175 Å². The molecule has 3 rings (SSSR count). The second kappa shape index (κ2) is 9.02. The molecular weight excluding hydrogens is 360 g/mol. The lowest BCUT2D eigenvalue weighted by molar-refractivity contribution is -0.145. The third kappa shape index (κ3) is 4.34. The highest BCUT2D eigenvalue weighted by molar-refractivity contribution is 5.78. The maximum Gasteiger partial charge on any atom is 0.317 e. The fourth-order valence-corrected chi connectivity index (χ4v) is 4.42. The highest BCUT2D eigenvalue weighted by Gasteiger charge is 2.36. The molecule has 0 unspecified atom stereocenters. The highest BCUT2D eigenvalue weighted by atomic mass is 16.5. The van der Waals surface area contributed by atoms with Gasteiger partial charge in [0.15, 0.2) is 0 Å². The van der Waals surface area contributed by atoms with E-state index < -0.39 is 5.41 Å². The minimum absolute atomic E-state index is 0.0222. The molecule has 1 fully saturated rings. The van der Waals surface area contributed by atoms with Gasteiger partial charge in [0.25, 0.3) is 0 Å². The molecule has 0 spiro atoms. The van der Waals surface area contributed by atoms with E-state index in [-0.39, 0.29) is 11.4 Å². The summed E-state index contributed by atoms with van der Waals surface area (Å²) < 4.78 is 11.1. The lowest BCUT2D eigenvalue weighted by Gasteiger charge is -2.38. The Bertz CT molecular complexity index is 795. The van der Waals surface area contributed by atoms with Crippen molar-refractivity contribution < 1.29 is 14.3 Å². The number of esters is 1. The van der Waals surface area contributed by atoms with Crippen molar-refractivity contribution in [3.63, 3.8) is 0 Å². The molecule has 0 bridgehead atoms. The summed E-state index contributed by atoms with van der Waals surface area (Å²) in [5.74, 6) is 1.38.